The Kier molecular flexibility index (Phi) is 4.80. The van der Waals surface area contributed by atoms with E-state index in [4.69, 9.17) is 4.74 Å². The number of nitrogens with one attached hydrogen (secondary N) is 1. The lowest BCUT2D eigenvalue weighted by atomic mass is 10.3. The van der Waals surface area contributed by atoms with Crippen LogP contribution in [0.2, 0.25) is 0 Å². The van der Waals surface area contributed by atoms with Gasteiger partial charge in [-0.05, 0) is 42.5 Å². The third kappa shape index (κ3) is 4.75. The van der Waals surface area contributed by atoms with Gasteiger partial charge in [0.2, 0.25) is 0 Å². The molecule has 0 spiro atoms. The molecule has 0 atom stereocenters. The third-order valence-electron chi connectivity index (χ3n) is 2.78. The summed E-state index contributed by atoms with van der Waals surface area (Å²) in [5.74, 6) is 0.292. The average molecular weight is 309 g/mol. The van der Waals surface area contributed by atoms with Crippen LogP contribution in [0.5, 0.6) is 5.75 Å². The second-order valence-corrected chi connectivity index (χ2v) is 6.54. The Morgan fingerprint density at radius 3 is 2.48 bits per heavy atom. The lowest BCUT2D eigenvalue weighted by Crippen LogP contribution is -2.11. The van der Waals surface area contributed by atoms with Gasteiger partial charge in [-0.2, -0.15) is 0 Å². The SMILES string of the molecule is CS(=O)(=O)c1ccc(OCCNc2cccc(F)c2)cc1. The molecule has 0 aliphatic rings. The summed E-state index contributed by atoms with van der Waals surface area (Å²) in [6.45, 7) is 0.895. The summed E-state index contributed by atoms with van der Waals surface area (Å²) < 4.78 is 41.0. The first kappa shape index (κ1) is 15.3. The molecule has 0 amide bonds. The molecule has 21 heavy (non-hydrogen) atoms. The van der Waals surface area contributed by atoms with Crippen molar-refractivity contribution in [1.82, 2.24) is 0 Å². The van der Waals surface area contributed by atoms with Gasteiger partial charge in [-0.3, -0.25) is 0 Å². The van der Waals surface area contributed by atoms with Crippen molar-refractivity contribution < 1.29 is 17.5 Å². The first-order valence-corrected chi connectivity index (χ1v) is 8.27. The Morgan fingerprint density at radius 2 is 1.86 bits per heavy atom. The zero-order chi connectivity index (χ0) is 15.3. The number of rotatable bonds is 6. The van der Waals surface area contributed by atoms with Crippen LogP contribution in [-0.4, -0.2) is 27.8 Å². The number of anilines is 1. The van der Waals surface area contributed by atoms with Crippen molar-refractivity contribution in [2.24, 2.45) is 0 Å². The minimum Gasteiger partial charge on any atom is -0.492 e. The first-order valence-electron chi connectivity index (χ1n) is 6.37. The van der Waals surface area contributed by atoms with Crippen molar-refractivity contribution in [1.29, 1.82) is 0 Å². The maximum Gasteiger partial charge on any atom is 0.175 e. The molecule has 0 aliphatic heterocycles. The molecular formula is C15H16FNO3S. The monoisotopic (exact) mass is 309 g/mol. The molecule has 0 saturated carbocycles. The van der Waals surface area contributed by atoms with Crippen molar-refractivity contribution in [3.8, 4) is 5.75 Å². The lowest BCUT2D eigenvalue weighted by molar-refractivity contribution is 0.332. The number of hydrogen-bond acceptors (Lipinski definition) is 4. The molecule has 2 rings (SSSR count). The van der Waals surface area contributed by atoms with Gasteiger partial charge in [0.1, 0.15) is 18.2 Å². The molecule has 2 aromatic carbocycles. The second kappa shape index (κ2) is 6.58. The van der Waals surface area contributed by atoms with Gasteiger partial charge in [-0.25, -0.2) is 12.8 Å². The van der Waals surface area contributed by atoms with Gasteiger partial charge in [0.15, 0.2) is 9.84 Å². The minimum absolute atomic E-state index is 0.257. The van der Waals surface area contributed by atoms with E-state index >= 15 is 0 Å². The number of benzene rings is 2. The number of sulfone groups is 1. The molecule has 0 unspecified atom stereocenters. The highest BCUT2D eigenvalue weighted by Gasteiger charge is 2.06. The summed E-state index contributed by atoms with van der Waals surface area (Å²) in [6.07, 6.45) is 1.16. The number of halogens is 1. The van der Waals surface area contributed by atoms with Crippen molar-refractivity contribution in [3.63, 3.8) is 0 Å². The Hall–Kier alpha value is -2.08. The predicted molar refractivity (Wildman–Crippen MR) is 79.9 cm³/mol. The van der Waals surface area contributed by atoms with Crippen LogP contribution in [0.3, 0.4) is 0 Å². The molecule has 1 N–H and O–H groups in total. The van der Waals surface area contributed by atoms with Gasteiger partial charge >= 0.3 is 0 Å². The molecule has 112 valence electrons. The summed E-state index contributed by atoms with van der Waals surface area (Å²) in [4.78, 5) is 0.257. The van der Waals surface area contributed by atoms with Crippen LogP contribution in [0.1, 0.15) is 0 Å². The first-order chi connectivity index (χ1) is 9.95. The van der Waals surface area contributed by atoms with Crippen LogP contribution in [-0.2, 0) is 9.84 Å². The van der Waals surface area contributed by atoms with Gasteiger partial charge in [0.25, 0.3) is 0 Å². The van der Waals surface area contributed by atoms with E-state index in [1.807, 2.05) is 0 Å². The highest BCUT2D eigenvalue weighted by molar-refractivity contribution is 7.90. The van der Waals surface area contributed by atoms with Crippen LogP contribution in [0, 0.1) is 5.82 Å². The Labute approximate surface area is 123 Å². The van der Waals surface area contributed by atoms with Crippen molar-refractivity contribution in [2.45, 2.75) is 4.90 Å². The fourth-order valence-electron chi connectivity index (χ4n) is 1.75. The molecule has 2 aromatic rings. The lowest BCUT2D eigenvalue weighted by Gasteiger charge is -2.09. The molecule has 4 nitrogen and oxygen atoms in total. The van der Waals surface area contributed by atoms with Crippen LogP contribution < -0.4 is 10.1 Å². The van der Waals surface area contributed by atoms with Gasteiger partial charge in [0.05, 0.1) is 4.90 Å². The summed E-state index contributed by atoms with van der Waals surface area (Å²) in [5.41, 5.74) is 0.686. The van der Waals surface area contributed by atoms with Gasteiger partial charge < -0.3 is 10.1 Å². The van der Waals surface area contributed by atoms with E-state index in [2.05, 4.69) is 5.32 Å². The van der Waals surface area contributed by atoms with E-state index in [0.717, 1.165) is 6.26 Å². The summed E-state index contributed by atoms with van der Waals surface area (Å²) in [5, 5.41) is 3.03. The third-order valence-corrected chi connectivity index (χ3v) is 3.90. The maximum atomic E-state index is 13.0. The van der Waals surface area contributed by atoms with Crippen LogP contribution in [0.15, 0.2) is 53.4 Å². The van der Waals surface area contributed by atoms with Gasteiger partial charge in [-0.15, -0.1) is 0 Å². The topological polar surface area (TPSA) is 55.4 Å². The van der Waals surface area contributed by atoms with Crippen molar-refractivity contribution in [3.05, 3.63) is 54.3 Å². The number of ether oxygens (including phenoxy) is 1. The molecule has 0 aliphatic carbocycles. The highest BCUT2D eigenvalue weighted by Crippen LogP contribution is 2.15. The Morgan fingerprint density at radius 1 is 1.14 bits per heavy atom. The van der Waals surface area contributed by atoms with E-state index < -0.39 is 9.84 Å². The zero-order valence-corrected chi connectivity index (χ0v) is 12.4. The highest BCUT2D eigenvalue weighted by atomic mass is 32.2. The minimum atomic E-state index is -3.19. The zero-order valence-electron chi connectivity index (χ0n) is 11.5. The van der Waals surface area contributed by atoms with E-state index in [0.29, 0.717) is 24.6 Å². The smallest absolute Gasteiger partial charge is 0.175 e. The summed E-state index contributed by atoms with van der Waals surface area (Å²) in [7, 11) is -3.19. The molecule has 0 fully saturated rings. The quantitative estimate of drug-likeness (QED) is 0.834. The fraction of sp³-hybridized carbons (Fsp3) is 0.200. The predicted octanol–water partition coefficient (Wildman–Crippen LogP) is 2.72. The fourth-order valence-corrected chi connectivity index (χ4v) is 2.38. The molecule has 0 aromatic heterocycles. The Balaban J connectivity index is 1.81. The molecule has 0 bridgehead atoms. The maximum absolute atomic E-state index is 13.0. The van der Waals surface area contributed by atoms with Crippen molar-refractivity contribution >= 4 is 15.5 Å². The van der Waals surface area contributed by atoms with E-state index in [1.54, 1.807) is 24.3 Å². The van der Waals surface area contributed by atoms with Crippen LogP contribution in [0.25, 0.3) is 0 Å². The summed E-state index contributed by atoms with van der Waals surface area (Å²) >= 11 is 0. The van der Waals surface area contributed by atoms with E-state index in [-0.39, 0.29) is 10.7 Å². The van der Waals surface area contributed by atoms with Gasteiger partial charge in [-0.1, -0.05) is 6.07 Å². The van der Waals surface area contributed by atoms with E-state index in [1.165, 1.54) is 24.3 Å². The molecule has 0 saturated heterocycles. The number of hydrogen-bond donors (Lipinski definition) is 1. The van der Waals surface area contributed by atoms with Gasteiger partial charge in [0, 0.05) is 18.5 Å². The summed E-state index contributed by atoms with van der Waals surface area (Å²) in [6, 6.07) is 12.4. The van der Waals surface area contributed by atoms with E-state index in [9.17, 15) is 12.8 Å². The van der Waals surface area contributed by atoms with Crippen LogP contribution in [0.4, 0.5) is 10.1 Å². The van der Waals surface area contributed by atoms with Crippen molar-refractivity contribution in [2.75, 3.05) is 24.7 Å². The molecule has 0 radical (unpaired) electrons. The molecule has 6 heteroatoms. The average Bonchev–Trinajstić information content (AvgIpc) is 2.43. The van der Waals surface area contributed by atoms with Crippen LogP contribution >= 0.6 is 0 Å². The molecule has 0 heterocycles. The molecular weight excluding hydrogens is 293 g/mol. The second-order valence-electron chi connectivity index (χ2n) is 4.53. The normalized spacial score (nSPS) is 11.1. The standard InChI is InChI=1S/C15H16FNO3S/c1-21(18,19)15-7-5-14(6-8-15)20-10-9-17-13-4-2-3-12(16)11-13/h2-8,11,17H,9-10H2,1H3. The Bertz CT molecular complexity index is 699. The largest absolute Gasteiger partial charge is 0.492 e.